The quantitative estimate of drug-likeness (QED) is 0.120. The van der Waals surface area contributed by atoms with E-state index in [4.69, 9.17) is 0 Å². The van der Waals surface area contributed by atoms with Crippen LogP contribution in [0, 0.1) is 0 Å². The van der Waals surface area contributed by atoms with E-state index in [1.165, 1.54) is 127 Å². The van der Waals surface area contributed by atoms with Crippen molar-refractivity contribution in [3.8, 4) is 19.5 Å². The van der Waals surface area contributed by atoms with E-state index in [0.717, 1.165) is 0 Å². The predicted octanol–water partition coefficient (Wildman–Crippen LogP) is 16.4. The largest absolute Gasteiger partial charge is 0.287 e. The summed E-state index contributed by atoms with van der Waals surface area (Å²) in [5, 5.41) is 5.53. The molecule has 278 valence electrons. The summed E-state index contributed by atoms with van der Waals surface area (Å²) in [5.74, 6) is 0.831. The number of benzene rings is 9. The van der Waals surface area contributed by atoms with Crippen LogP contribution in [0.25, 0.3) is 59.9 Å². The van der Waals surface area contributed by atoms with Crippen LogP contribution in [0.2, 0.25) is 0 Å². The molecule has 0 radical (unpaired) electrons. The fraction of sp³-hybridized carbons (Fsp3) is 0.0714. The summed E-state index contributed by atoms with van der Waals surface area (Å²) in [6.45, 7) is 0. The smallest absolute Gasteiger partial charge is 0.0619 e. The Morgan fingerprint density at radius 2 is 0.533 bits per heavy atom. The van der Waals surface area contributed by atoms with Crippen molar-refractivity contribution in [2.75, 3.05) is 0 Å². The Bertz CT molecular complexity index is 3150. The second kappa shape index (κ2) is 11.9. The van der Waals surface area contributed by atoms with Crippen LogP contribution in [0.3, 0.4) is 0 Å². The summed E-state index contributed by atoms with van der Waals surface area (Å²) in [4.78, 5) is 0. The lowest BCUT2D eigenvalue weighted by molar-refractivity contribution is 0.756. The van der Waals surface area contributed by atoms with Gasteiger partial charge in [-0.2, -0.15) is 0 Å². The summed E-state index contributed by atoms with van der Waals surface area (Å²) < 4.78 is 8.20. The van der Waals surface area contributed by atoms with Gasteiger partial charge in [0.15, 0.2) is 18.8 Å². The lowest BCUT2D eigenvalue weighted by Gasteiger charge is -2.43. The van der Waals surface area contributed by atoms with Gasteiger partial charge in [-0.3, -0.25) is 0 Å². The zero-order valence-electron chi connectivity index (χ0n) is 32.1. The molecular weight excluding hydrogens is 801 g/mol. The summed E-state index contributed by atoms with van der Waals surface area (Å²) in [7, 11) is 0. The molecule has 6 aliphatic rings. The molecule has 0 fully saturated rings. The number of rotatable bonds is 2. The molecule has 2 heterocycles. The highest BCUT2D eigenvalue weighted by Gasteiger charge is 2.44. The van der Waals surface area contributed by atoms with Crippen LogP contribution in [-0.2, 0) is 0 Å². The van der Waals surface area contributed by atoms with Gasteiger partial charge in [0, 0.05) is 23.7 Å². The van der Waals surface area contributed by atoms with Gasteiger partial charge in [0.25, 0.3) is 8.38 Å². The van der Waals surface area contributed by atoms with Gasteiger partial charge in [-0.05, 0) is 137 Å². The maximum absolute atomic E-state index is 2.66. The third-order valence-corrected chi connectivity index (χ3v) is 19.3. The Kier molecular flexibility index (Phi) is 6.53. The van der Waals surface area contributed by atoms with Crippen molar-refractivity contribution in [1.82, 2.24) is 0 Å². The van der Waals surface area contributed by atoms with E-state index in [1.54, 1.807) is 0 Å². The molecule has 0 atom stereocenters. The van der Waals surface area contributed by atoms with Gasteiger partial charge in [0.2, 0.25) is 0 Å². The molecule has 0 N–H and O–H groups in total. The number of fused-ring (bicyclic) bond motifs is 4. The van der Waals surface area contributed by atoms with E-state index in [0.29, 0.717) is 0 Å². The molecule has 4 heteroatoms. The van der Waals surface area contributed by atoms with Crippen molar-refractivity contribution in [3.05, 3.63) is 237 Å². The summed E-state index contributed by atoms with van der Waals surface area (Å²) in [6, 6.07) is 65.8. The SMILES string of the molecule is c1ccc2c(c1)C1c3ccccc3C2c2cc3c(-c4sc5ccccc5[s+]4)c4cc5c(cc4c(-c4sc6ccccc6[s+]4)c3cc21)C1c2ccccc2C5c2ccccc21. The van der Waals surface area contributed by atoms with E-state index in [-0.39, 0.29) is 23.7 Å². The maximum atomic E-state index is 2.66. The van der Waals surface area contributed by atoms with Crippen LogP contribution in [0.5, 0.6) is 0 Å². The van der Waals surface area contributed by atoms with Crippen LogP contribution >= 0.6 is 45.3 Å². The average molecular weight is 833 g/mol. The van der Waals surface area contributed by atoms with Crippen molar-refractivity contribution < 1.29 is 0 Å². The predicted molar refractivity (Wildman–Crippen MR) is 257 cm³/mol. The van der Waals surface area contributed by atoms with Crippen molar-refractivity contribution in [3.63, 3.8) is 0 Å². The van der Waals surface area contributed by atoms with Crippen LogP contribution in [0.15, 0.2) is 170 Å². The highest BCUT2D eigenvalue weighted by atomic mass is 32.2. The van der Waals surface area contributed by atoms with Gasteiger partial charge in [0.1, 0.15) is 0 Å². The fourth-order valence-electron chi connectivity index (χ4n) is 11.9. The van der Waals surface area contributed by atoms with Gasteiger partial charge in [-0.15, -0.1) is 0 Å². The van der Waals surface area contributed by atoms with Gasteiger partial charge in [0.05, 0.1) is 56.5 Å². The second-order valence-corrected chi connectivity index (χ2v) is 21.7. The first-order chi connectivity index (χ1) is 29.8. The first-order valence-corrected chi connectivity index (χ1v) is 24.1. The number of hydrogen-bond acceptors (Lipinski definition) is 2. The molecule has 6 aliphatic carbocycles. The van der Waals surface area contributed by atoms with Crippen molar-refractivity contribution in [2.24, 2.45) is 0 Å². The lowest BCUT2D eigenvalue weighted by Crippen LogP contribution is -2.27. The van der Waals surface area contributed by atoms with Crippen LogP contribution in [0.4, 0.5) is 0 Å². The Labute approximate surface area is 363 Å². The molecule has 0 amide bonds. The normalized spacial score (nSPS) is 18.7. The molecule has 0 saturated heterocycles. The maximum Gasteiger partial charge on any atom is 0.287 e. The van der Waals surface area contributed by atoms with E-state index in [9.17, 15) is 0 Å². The Morgan fingerprint density at radius 1 is 0.283 bits per heavy atom. The minimum Gasteiger partial charge on any atom is -0.0619 e. The third-order valence-electron chi connectivity index (χ3n) is 14.2. The Balaban J connectivity index is 1.13. The van der Waals surface area contributed by atoms with E-state index >= 15 is 0 Å². The Hall–Kier alpha value is -5.88. The van der Waals surface area contributed by atoms with E-state index < -0.39 is 0 Å². The molecule has 60 heavy (non-hydrogen) atoms. The summed E-state index contributed by atoms with van der Waals surface area (Å²) in [5.41, 5.74) is 20.4. The van der Waals surface area contributed by atoms with Crippen LogP contribution in [0.1, 0.15) is 90.4 Å². The van der Waals surface area contributed by atoms with Gasteiger partial charge in [-0.1, -0.05) is 121 Å². The molecule has 4 bridgehead atoms. The monoisotopic (exact) mass is 832 g/mol. The molecule has 11 aromatic rings. The Morgan fingerprint density at radius 3 is 0.800 bits per heavy atom. The van der Waals surface area contributed by atoms with Crippen molar-refractivity contribution in [1.29, 1.82) is 0 Å². The topological polar surface area (TPSA) is 0 Å². The van der Waals surface area contributed by atoms with Gasteiger partial charge < -0.3 is 0 Å². The molecule has 0 saturated carbocycles. The van der Waals surface area contributed by atoms with Crippen LogP contribution < -0.4 is 0 Å². The first kappa shape index (κ1) is 32.9. The summed E-state index contributed by atoms with van der Waals surface area (Å²) >= 11 is 7.88. The molecule has 0 nitrogen and oxygen atoms in total. The molecular formula is C56H32S4+2. The first-order valence-electron chi connectivity index (χ1n) is 20.9. The minimum atomic E-state index is 0.208. The van der Waals surface area contributed by atoms with Gasteiger partial charge in [-0.25, -0.2) is 0 Å². The average Bonchev–Trinajstić information content (AvgIpc) is 3.94. The molecule has 17 rings (SSSR count). The molecule has 9 aromatic carbocycles. The standard InChI is InChI=1S/C56H32S4/c1-2-14-30-29(13-1)49-31-15-3-4-16-32(31)50(30)38-26-42-41(25-37(38)49)53(55-57-45-21-9-10-22-46(45)58-55)43-27-39-40(28-44(43)54(42)56-59-47-23-11-12-24-48(47)60-56)52-35-19-7-5-17-33(35)51(39)34-18-6-8-20-36(34)52/h1-28,49-52H/q+2. The molecule has 0 spiro atoms. The zero-order valence-corrected chi connectivity index (χ0v) is 35.4. The lowest BCUT2D eigenvalue weighted by atomic mass is 9.60. The fourth-order valence-corrected chi connectivity index (χ4v) is 17.1. The highest BCUT2D eigenvalue weighted by molar-refractivity contribution is 7.44. The van der Waals surface area contributed by atoms with Gasteiger partial charge >= 0.3 is 0 Å². The molecule has 2 aromatic heterocycles. The molecule has 0 unspecified atom stereocenters. The zero-order chi connectivity index (χ0) is 38.8. The third kappa shape index (κ3) is 4.20. The molecule has 0 aliphatic heterocycles. The summed E-state index contributed by atoms with van der Waals surface area (Å²) in [6.07, 6.45) is 0. The highest BCUT2D eigenvalue weighted by Crippen LogP contribution is 2.61. The van der Waals surface area contributed by atoms with Crippen LogP contribution in [-0.4, -0.2) is 0 Å². The van der Waals surface area contributed by atoms with Crippen molar-refractivity contribution in [2.45, 2.75) is 23.7 Å². The van der Waals surface area contributed by atoms with E-state index in [1.807, 2.05) is 45.3 Å². The second-order valence-electron chi connectivity index (χ2n) is 16.9. The number of hydrogen-bond donors (Lipinski definition) is 0. The minimum absolute atomic E-state index is 0.208. The van der Waals surface area contributed by atoms with E-state index in [2.05, 4.69) is 170 Å². The van der Waals surface area contributed by atoms with Crippen molar-refractivity contribution >= 4 is 85.7 Å².